The summed E-state index contributed by atoms with van der Waals surface area (Å²) in [4.78, 5) is 14.9. The molecule has 238 valence electrons. The molecule has 0 spiro atoms. The lowest BCUT2D eigenvalue weighted by Crippen LogP contribution is -2.00. The Morgan fingerprint density at radius 3 is 1.59 bits per heavy atom. The van der Waals surface area contributed by atoms with E-state index >= 15 is 0 Å². The van der Waals surface area contributed by atoms with Crippen LogP contribution in [0.1, 0.15) is 0 Å². The van der Waals surface area contributed by atoms with Crippen LogP contribution < -0.4 is 0 Å². The molecule has 0 saturated heterocycles. The lowest BCUT2D eigenvalue weighted by Gasteiger charge is -2.08. The minimum absolute atomic E-state index is 0.572. The predicted octanol–water partition coefficient (Wildman–Crippen LogP) is 12.7. The number of benzene rings is 7. The summed E-state index contributed by atoms with van der Waals surface area (Å²) in [6, 6.07) is 52.3. The highest BCUT2D eigenvalue weighted by Gasteiger charge is 2.17. The highest BCUT2D eigenvalue weighted by Crippen LogP contribution is 2.39. The van der Waals surface area contributed by atoms with Gasteiger partial charge in [-0.15, -0.1) is 11.3 Å². The van der Waals surface area contributed by atoms with Crippen molar-refractivity contribution in [1.29, 1.82) is 0 Å². The van der Waals surface area contributed by atoms with Crippen molar-refractivity contribution >= 4 is 75.4 Å². The fraction of sp³-hybridized carbons (Fsp3) is 0. The molecule has 0 atom stereocenters. The molecule has 4 heterocycles. The van der Waals surface area contributed by atoms with E-state index in [4.69, 9.17) is 23.8 Å². The number of aromatic nitrogens is 3. The number of nitrogens with zero attached hydrogens (tertiary/aromatic N) is 3. The Hall–Kier alpha value is -6.63. The van der Waals surface area contributed by atoms with Gasteiger partial charge in [0.1, 0.15) is 22.3 Å². The van der Waals surface area contributed by atoms with Gasteiger partial charge in [-0.2, -0.15) is 0 Å². The molecule has 0 aliphatic rings. The maximum Gasteiger partial charge on any atom is 0.164 e. The molecule has 4 aromatic heterocycles. The predicted molar refractivity (Wildman–Crippen MR) is 209 cm³/mol. The average molecular weight is 672 g/mol. The first kappa shape index (κ1) is 28.2. The van der Waals surface area contributed by atoms with Crippen LogP contribution >= 0.6 is 11.3 Å². The topological polar surface area (TPSA) is 65.0 Å². The fourth-order valence-corrected chi connectivity index (χ4v) is 8.36. The van der Waals surface area contributed by atoms with Crippen LogP contribution in [0.25, 0.3) is 109 Å². The zero-order valence-electron chi connectivity index (χ0n) is 27.0. The largest absolute Gasteiger partial charge is 0.456 e. The fourth-order valence-electron chi connectivity index (χ4n) is 7.22. The zero-order valence-corrected chi connectivity index (χ0v) is 27.8. The van der Waals surface area contributed by atoms with Crippen LogP contribution in [0.4, 0.5) is 0 Å². The Bertz CT molecular complexity index is 3160. The molecule has 0 aliphatic carbocycles. The lowest BCUT2D eigenvalue weighted by molar-refractivity contribution is 0.668. The van der Waals surface area contributed by atoms with E-state index < -0.39 is 0 Å². The number of furan rings is 2. The number of rotatable bonds is 4. The monoisotopic (exact) mass is 671 g/mol. The molecule has 6 heteroatoms. The molecule has 0 unspecified atom stereocenters. The van der Waals surface area contributed by atoms with Crippen LogP contribution in [0.15, 0.2) is 160 Å². The number of hydrogen-bond donors (Lipinski definition) is 0. The minimum atomic E-state index is 0.572. The highest BCUT2D eigenvalue weighted by atomic mass is 32.1. The first-order chi connectivity index (χ1) is 25.2. The van der Waals surface area contributed by atoms with Gasteiger partial charge < -0.3 is 8.83 Å². The Morgan fingerprint density at radius 2 is 0.824 bits per heavy atom. The third-order valence-corrected chi connectivity index (χ3v) is 10.9. The summed E-state index contributed by atoms with van der Waals surface area (Å²) in [5.74, 6) is 1.75. The molecule has 0 N–H and O–H groups in total. The quantitative estimate of drug-likeness (QED) is 0.186. The maximum atomic E-state index is 6.44. The van der Waals surface area contributed by atoms with Gasteiger partial charge in [0.15, 0.2) is 17.5 Å². The Morgan fingerprint density at radius 1 is 0.314 bits per heavy atom. The Labute approximate surface area is 295 Å². The van der Waals surface area contributed by atoms with Crippen molar-refractivity contribution in [2.45, 2.75) is 0 Å². The minimum Gasteiger partial charge on any atom is -0.456 e. The smallest absolute Gasteiger partial charge is 0.164 e. The van der Waals surface area contributed by atoms with Gasteiger partial charge in [0, 0.05) is 58.4 Å². The van der Waals surface area contributed by atoms with Crippen molar-refractivity contribution in [2.24, 2.45) is 0 Å². The molecule has 0 aliphatic heterocycles. The second-order valence-corrected chi connectivity index (χ2v) is 13.9. The molecule has 0 saturated carbocycles. The summed E-state index contributed by atoms with van der Waals surface area (Å²) < 4.78 is 15.2. The van der Waals surface area contributed by atoms with Gasteiger partial charge in [0.2, 0.25) is 0 Å². The van der Waals surface area contributed by atoms with Gasteiger partial charge in [0.25, 0.3) is 0 Å². The van der Waals surface area contributed by atoms with Crippen LogP contribution in [-0.2, 0) is 0 Å². The summed E-state index contributed by atoms with van der Waals surface area (Å²) >= 11 is 1.84. The molecule has 0 radical (unpaired) electrons. The van der Waals surface area contributed by atoms with Crippen molar-refractivity contribution in [3.63, 3.8) is 0 Å². The molecule has 11 aromatic rings. The van der Waals surface area contributed by atoms with Gasteiger partial charge in [-0.25, -0.2) is 15.0 Å². The van der Waals surface area contributed by atoms with Crippen LogP contribution in [0.5, 0.6) is 0 Å². The first-order valence-corrected chi connectivity index (χ1v) is 17.7. The maximum absolute atomic E-state index is 6.44. The summed E-state index contributed by atoms with van der Waals surface area (Å²) in [5, 5.41) is 6.88. The molecule has 0 amide bonds. The SMILES string of the molecule is c1ccc(-c2nc(-c3ccc4c(c3)oc3ccccc34)nc(-c3ccc4c(c3)oc3ccc(-c5ccc6c(c5)sc5ccccc56)cc34)n2)cc1. The molecular weight excluding hydrogens is 647 g/mol. The number of thiophene rings is 1. The zero-order chi connectivity index (χ0) is 33.5. The van der Waals surface area contributed by atoms with Gasteiger partial charge >= 0.3 is 0 Å². The second kappa shape index (κ2) is 10.9. The Kier molecular flexibility index (Phi) is 6.05. The van der Waals surface area contributed by atoms with Crippen molar-refractivity contribution in [3.8, 4) is 45.3 Å². The van der Waals surface area contributed by atoms with Gasteiger partial charge in [-0.1, -0.05) is 97.1 Å². The normalized spacial score (nSPS) is 11.9. The lowest BCUT2D eigenvalue weighted by atomic mass is 10.0. The molecule has 0 fully saturated rings. The summed E-state index contributed by atoms with van der Waals surface area (Å²) in [7, 11) is 0. The van der Waals surface area contributed by atoms with E-state index in [0.717, 1.165) is 66.1 Å². The van der Waals surface area contributed by atoms with E-state index in [-0.39, 0.29) is 0 Å². The van der Waals surface area contributed by atoms with Crippen LogP contribution in [-0.4, -0.2) is 15.0 Å². The second-order valence-electron chi connectivity index (χ2n) is 12.8. The molecular formula is C45H25N3O2S. The van der Waals surface area contributed by atoms with Crippen molar-refractivity contribution < 1.29 is 8.83 Å². The van der Waals surface area contributed by atoms with E-state index in [2.05, 4.69) is 91.0 Å². The summed E-state index contributed by atoms with van der Waals surface area (Å²) in [6.07, 6.45) is 0. The number of hydrogen-bond acceptors (Lipinski definition) is 6. The standard InChI is InChI=1S/C45H25N3O2S/c1-2-8-26(9-3-1)43-46-44(29-15-18-32-31-10-4-6-12-37(31)49-39(32)23-29)48-45(47-43)30-16-19-33-36-22-27(17-21-38(36)50-40(33)24-30)28-14-20-35-34-11-5-7-13-41(34)51-42(35)25-28/h1-25H. The highest BCUT2D eigenvalue weighted by molar-refractivity contribution is 7.25. The van der Waals surface area contributed by atoms with Crippen LogP contribution in [0.3, 0.4) is 0 Å². The van der Waals surface area contributed by atoms with Crippen molar-refractivity contribution in [1.82, 2.24) is 15.0 Å². The van der Waals surface area contributed by atoms with Gasteiger partial charge in [0.05, 0.1) is 0 Å². The van der Waals surface area contributed by atoms with Crippen LogP contribution in [0, 0.1) is 0 Å². The number of fused-ring (bicyclic) bond motifs is 9. The molecule has 5 nitrogen and oxygen atoms in total. The Balaban J connectivity index is 1.02. The van der Waals surface area contributed by atoms with Gasteiger partial charge in [-0.05, 0) is 65.7 Å². The van der Waals surface area contributed by atoms with E-state index in [0.29, 0.717) is 17.5 Å². The average Bonchev–Trinajstić information content (AvgIpc) is 3.88. The molecule has 51 heavy (non-hydrogen) atoms. The summed E-state index contributed by atoms with van der Waals surface area (Å²) in [6.45, 7) is 0. The summed E-state index contributed by atoms with van der Waals surface area (Å²) in [5.41, 5.74) is 8.24. The van der Waals surface area contributed by atoms with Crippen molar-refractivity contribution in [2.75, 3.05) is 0 Å². The van der Waals surface area contributed by atoms with E-state index in [1.54, 1.807) is 0 Å². The third kappa shape index (κ3) is 4.58. The first-order valence-electron chi connectivity index (χ1n) is 16.8. The third-order valence-electron chi connectivity index (χ3n) is 9.75. The van der Waals surface area contributed by atoms with E-state index in [1.165, 1.54) is 25.7 Å². The van der Waals surface area contributed by atoms with Crippen molar-refractivity contribution in [3.05, 3.63) is 152 Å². The van der Waals surface area contributed by atoms with E-state index in [9.17, 15) is 0 Å². The molecule has 11 rings (SSSR count). The van der Waals surface area contributed by atoms with Gasteiger partial charge in [-0.3, -0.25) is 0 Å². The van der Waals surface area contributed by atoms with E-state index in [1.807, 2.05) is 72.0 Å². The molecule has 0 bridgehead atoms. The molecule has 7 aromatic carbocycles. The van der Waals surface area contributed by atoms with Crippen LogP contribution in [0.2, 0.25) is 0 Å². The number of para-hydroxylation sites is 1.